The van der Waals surface area contributed by atoms with Crippen LogP contribution < -0.4 is 5.32 Å². The monoisotopic (exact) mass is 466 g/mol. The van der Waals surface area contributed by atoms with E-state index in [1.165, 1.54) is 18.4 Å². The second-order valence-corrected chi connectivity index (χ2v) is 9.20. The van der Waals surface area contributed by atoms with Crippen LogP contribution in [0.3, 0.4) is 0 Å². The molecule has 35 heavy (non-hydrogen) atoms. The Morgan fingerprint density at radius 2 is 1.86 bits per heavy atom. The Bertz CT molecular complexity index is 1270. The molecule has 1 fully saturated rings. The Kier molecular flexibility index (Phi) is 6.95. The Morgan fingerprint density at radius 3 is 2.66 bits per heavy atom. The minimum Gasteiger partial charge on any atom is -0.322 e. The zero-order valence-electron chi connectivity index (χ0n) is 20.0. The number of anilines is 1. The molecule has 0 bridgehead atoms. The maximum Gasteiger partial charge on any atom is 0.255 e. The number of hydrogen-bond acceptors (Lipinski definition) is 5. The number of carbonyl (C=O) groups is 1. The largest absolute Gasteiger partial charge is 0.322 e. The molecule has 1 aliphatic heterocycles. The number of likely N-dealkylation sites (tertiary alicyclic amines) is 1. The van der Waals surface area contributed by atoms with E-state index >= 15 is 0 Å². The van der Waals surface area contributed by atoms with Crippen LogP contribution in [0.2, 0.25) is 0 Å². The summed E-state index contributed by atoms with van der Waals surface area (Å²) >= 11 is 0. The van der Waals surface area contributed by atoms with Crippen LogP contribution in [0.5, 0.6) is 0 Å². The average molecular weight is 467 g/mol. The summed E-state index contributed by atoms with van der Waals surface area (Å²) in [6.45, 7) is 2.83. The maximum atomic E-state index is 12.9. The van der Waals surface area contributed by atoms with Crippen molar-refractivity contribution in [1.82, 2.24) is 25.1 Å². The van der Waals surface area contributed by atoms with Crippen molar-refractivity contribution in [3.05, 3.63) is 95.6 Å². The Hall–Kier alpha value is -3.84. The number of hydrogen-bond donors (Lipinski definition) is 1. The third kappa shape index (κ3) is 5.81. The molecule has 5 rings (SSSR count). The second kappa shape index (κ2) is 10.6. The quantitative estimate of drug-likeness (QED) is 0.429. The molecule has 0 radical (unpaired) electrons. The Morgan fingerprint density at radius 1 is 1.03 bits per heavy atom. The molecule has 1 saturated heterocycles. The van der Waals surface area contributed by atoms with Crippen molar-refractivity contribution in [3.8, 4) is 11.4 Å². The molecule has 1 unspecified atom stereocenters. The van der Waals surface area contributed by atoms with Crippen molar-refractivity contribution < 1.29 is 4.79 Å². The van der Waals surface area contributed by atoms with Crippen molar-refractivity contribution in [2.24, 2.45) is 0 Å². The molecule has 7 nitrogen and oxygen atoms in total. The van der Waals surface area contributed by atoms with Gasteiger partial charge in [0.05, 0.1) is 6.54 Å². The van der Waals surface area contributed by atoms with Gasteiger partial charge in [-0.3, -0.25) is 4.79 Å². The number of amides is 1. The second-order valence-electron chi connectivity index (χ2n) is 9.20. The number of aromatic nitrogens is 4. The number of likely N-dealkylation sites (N-methyl/N-ethyl adjacent to an activating group) is 1. The first kappa shape index (κ1) is 22.9. The van der Waals surface area contributed by atoms with Crippen molar-refractivity contribution in [2.75, 3.05) is 25.5 Å². The molecular weight excluding hydrogens is 436 g/mol. The highest BCUT2D eigenvalue weighted by Gasteiger charge is 2.19. The van der Waals surface area contributed by atoms with Gasteiger partial charge in [0.25, 0.3) is 5.91 Å². The van der Waals surface area contributed by atoms with Crippen LogP contribution in [0.15, 0.2) is 78.9 Å². The fraction of sp³-hybridized carbons (Fsp3) is 0.286. The smallest absolute Gasteiger partial charge is 0.255 e. The number of benzene rings is 3. The predicted octanol–water partition coefficient (Wildman–Crippen LogP) is 4.64. The summed E-state index contributed by atoms with van der Waals surface area (Å²) in [4.78, 5) is 16.9. The van der Waals surface area contributed by atoms with E-state index in [2.05, 4.69) is 38.7 Å². The third-order valence-electron chi connectivity index (χ3n) is 6.54. The summed E-state index contributed by atoms with van der Waals surface area (Å²) in [6, 6.07) is 25.8. The third-order valence-corrected chi connectivity index (χ3v) is 6.54. The minimum absolute atomic E-state index is 0.0796. The lowest BCUT2D eigenvalue weighted by Gasteiger charge is -2.30. The van der Waals surface area contributed by atoms with Gasteiger partial charge in [-0.2, -0.15) is 4.80 Å². The van der Waals surface area contributed by atoms with Gasteiger partial charge < -0.3 is 10.2 Å². The van der Waals surface area contributed by atoms with Crippen LogP contribution in [0.4, 0.5) is 5.69 Å². The summed E-state index contributed by atoms with van der Waals surface area (Å²) in [5.74, 6) is 1.04. The van der Waals surface area contributed by atoms with E-state index in [0.29, 0.717) is 23.9 Å². The first-order valence-electron chi connectivity index (χ1n) is 12.2. The number of carbonyl (C=O) groups excluding carboxylic acids is 1. The Balaban J connectivity index is 1.16. The number of piperidine rings is 1. The summed E-state index contributed by atoms with van der Waals surface area (Å²) in [5, 5.41) is 15.8. The number of nitrogens with one attached hydrogen (secondary N) is 1. The molecule has 1 aromatic heterocycles. The molecule has 178 valence electrons. The van der Waals surface area contributed by atoms with Crippen LogP contribution in [0, 0.1) is 0 Å². The van der Waals surface area contributed by atoms with E-state index in [0.717, 1.165) is 36.3 Å². The first-order valence-corrected chi connectivity index (χ1v) is 12.2. The molecule has 0 spiro atoms. The van der Waals surface area contributed by atoms with Crippen LogP contribution >= 0.6 is 0 Å². The molecule has 1 atom stereocenters. The SMILES string of the molecule is CN1CCCC(c2cccc(C(=O)Nc3ccc(CCn4nnc(-c5ccccc5)n4)cc3)c2)C1. The minimum atomic E-state index is -0.0796. The number of rotatable bonds is 7. The number of nitrogens with zero attached hydrogens (tertiary/aromatic N) is 5. The average Bonchev–Trinajstić information content (AvgIpc) is 3.38. The highest BCUT2D eigenvalue weighted by Crippen LogP contribution is 2.27. The van der Waals surface area contributed by atoms with Crippen molar-refractivity contribution in [2.45, 2.75) is 31.7 Å². The van der Waals surface area contributed by atoms with E-state index < -0.39 is 0 Å². The molecule has 0 aliphatic carbocycles. The van der Waals surface area contributed by atoms with Gasteiger partial charge in [-0.05, 0) is 79.4 Å². The predicted molar refractivity (Wildman–Crippen MR) is 137 cm³/mol. The van der Waals surface area contributed by atoms with E-state index in [4.69, 9.17) is 0 Å². The maximum absolute atomic E-state index is 12.9. The topological polar surface area (TPSA) is 75.9 Å². The molecule has 0 saturated carbocycles. The molecule has 1 amide bonds. The lowest BCUT2D eigenvalue weighted by molar-refractivity contribution is 0.102. The normalized spacial score (nSPS) is 16.2. The number of aryl methyl sites for hydroxylation is 2. The van der Waals surface area contributed by atoms with E-state index in [-0.39, 0.29) is 5.91 Å². The summed E-state index contributed by atoms with van der Waals surface area (Å²) in [5.41, 5.74) is 4.83. The lowest BCUT2D eigenvalue weighted by atomic mass is 9.90. The molecule has 4 aromatic rings. The van der Waals surface area contributed by atoms with Gasteiger partial charge in [0, 0.05) is 23.4 Å². The van der Waals surface area contributed by atoms with Crippen molar-refractivity contribution in [3.63, 3.8) is 0 Å². The molecule has 1 aliphatic rings. The fourth-order valence-corrected chi connectivity index (χ4v) is 4.60. The molecule has 2 heterocycles. The summed E-state index contributed by atoms with van der Waals surface area (Å²) in [6.07, 6.45) is 3.15. The standard InChI is InChI=1S/C28H30N6O/c1-33-17-6-11-25(20-33)23-9-5-10-24(19-23)28(35)29-26-14-12-21(13-15-26)16-18-34-31-27(30-32-34)22-7-3-2-4-8-22/h2-5,7-10,12-15,19,25H,6,11,16-18,20H2,1H3,(H,29,35). The molecule has 7 heteroatoms. The van der Waals surface area contributed by atoms with Gasteiger partial charge in [-0.1, -0.05) is 54.6 Å². The summed E-state index contributed by atoms with van der Waals surface area (Å²) < 4.78 is 0. The summed E-state index contributed by atoms with van der Waals surface area (Å²) in [7, 11) is 2.16. The van der Waals surface area contributed by atoms with E-state index in [9.17, 15) is 4.79 Å². The van der Waals surface area contributed by atoms with Crippen molar-refractivity contribution >= 4 is 11.6 Å². The molecule has 3 aromatic carbocycles. The van der Waals surface area contributed by atoms with Crippen molar-refractivity contribution in [1.29, 1.82) is 0 Å². The van der Waals surface area contributed by atoms with Crippen LogP contribution in [-0.2, 0) is 13.0 Å². The van der Waals surface area contributed by atoms with Crippen LogP contribution in [0.25, 0.3) is 11.4 Å². The van der Waals surface area contributed by atoms with Gasteiger partial charge in [0.15, 0.2) is 0 Å². The highest BCUT2D eigenvalue weighted by atomic mass is 16.1. The first-order chi connectivity index (χ1) is 17.1. The lowest BCUT2D eigenvalue weighted by Crippen LogP contribution is -2.30. The van der Waals surface area contributed by atoms with E-state index in [1.807, 2.05) is 72.8 Å². The number of tetrazole rings is 1. The van der Waals surface area contributed by atoms with Crippen LogP contribution in [0.1, 0.15) is 40.2 Å². The van der Waals surface area contributed by atoms with E-state index in [1.54, 1.807) is 4.80 Å². The van der Waals surface area contributed by atoms with Gasteiger partial charge in [-0.15, -0.1) is 10.2 Å². The fourth-order valence-electron chi connectivity index (χ4n) is 4.60. The zero-order valence-corrected chi connectivity index (χ0v) is 20.0. The molecular formula is C28H30N6O. The molecule has 1 N–H and O–H groups in total. The highest BCUT2D eigenvalue weighted by molar-refractivity contribution is 6.04. The van der Waals surface area contributed by atoms with Gasteiger partial charge in [-0.25, -0.2) is 0 Å². The van der Waals surface area contributed by atoms with Gasteiger partial charge in [0.2, 0.25) is 5.82 Å². The van der Waals surface area contributed by atoms with Gasteiger partial charge in [0.1, 0.15) is 0 Å². The zero-order chi connectivity index (χ0) is 24.0. The van der Waals surface area contributed by atoms with Crippen LogP contribution in [-0.4, -0.2) is 51.2 Å². The Labute approximate surface area is 205 Å². The van der Waals surface area contributed by atoms with Gasteiger partial charge >= 0.3 is 0 Å².